The van der Waals surface area contributed by atoms with Crippen LogP contribution in [0.3, 0.4) is 0 Å². The first-order valence-electron chi connectivity index (χ1n) is 7.67. The molecule has 0 fully saturated rings. The molecule has 0 radical (unpaired) electrons. The summed E-state index contributed by atoms with van der Waals surface area (Å²) in [5.74, 6) is 0.901. The minimum atomic E-state index is -3.54. The van der Waals surface area contributed by atoms with E-state index < -0.39 is 16.1 Å². The van der Waals surface area contributed by atoms with E-state index in [4.69, 9.17) is 0 Å². The molecule has 1 aliphatic heterocycles. The highest BCUT2D eigenvalue weighted by Gasteiger charge is 2.20. The van der Waals surface area contributed by atoms with Gasteiger partial charge in [0.15, 0.2) is 0 Å². The Hall–Kier alpha value is -1.27. The Morgan fingerprint density at radius 2 is 2.28 bits per heavy atom. The number of hydrogen-bond donors (Lipinski definition) is 4. The highest BCUT2D eigenvalue weighted by atomic mass is 79.9. The molecule has 2 aromatic rings. The number of aliphatic hydroxyl groups is 1. The normalized spacial score (nSPS) is 21.5. The van der Waals surface area contributed by atoms with E-state index in [2.05, 4.69) is 41.3 Å². The van der Waals surface area contributed by atoms with Crippen molar-refractivity contribution in [3.05, 3.63) is 22.1 Å². The van der Waals surface area contributed by atoms with Crippen LogP contribution in [0.15, 0.2) is 26.3 Å². The lowest BCUT2D eigenvalue weighted by molar-refractivity contribution is 0.166. The molecule has 3 heterocycles. The number of fused-ring (bicyclic) bond motifs is 4. The van der Waals surface area contributed by atoms with Crippen LogP contribution in [0.2, 0.25) is 0 Å². The smallest absolute Gasteiger partial charge is 0.250 e. The molecule has 2 aromatic heterocycles. The molecule has 0 saturated carbocycles. The molecule has 0 aromatic carbocycles. The van der Waals surface area contributed by atoms with Crippen LogP contribution in [0, 0.1) is 0 Å². The van der Waals surface area contributed by atoms with Crippen LogP contribution in [0.25, 0.3) is 0 Å². The molecule has 0 spiro atoms. The molecule has 8 nitrogen and oxygen atoms in total. The fourth-order valence-electron chi connectivity index (χ4n) is 2.39. The minimum absolute atomic E-state index is 0.231. The van der Waals surface area contributed by atoms with Gasteiger partial charge in [-0.2, -0.15) is 4.98 Å². The number of aromatic nitrogens is 2. The average Bonchev–Trinajstić information content (AvgIpc) is 3.01. The number of rotatable bonds is 1. The van der Waals surface area contributed by atoms with Crippen molar-refractivity contribution < 1.29 is 13.5 Å². The van der Waals surface area contributed by atoms with E-state index in [9.17, 15) is 13.5 Å². The Kier molecular flexibility index (Phi) is 5.58. The number of hydrogen-bond acceptors (Lipinski definition) is 8. The van der Waals surface area contributed by atoms with Gasteiger partial charge in [0.05, 0.1) is 22.3 Å². The van der Waals surface area contributed by atoms with Gasteiger partial charge < -0.3 is 15.7 Å². The number of nitrogens with zero attached hydrogens (tertiary/aromatic N) is 2. The van der Waals surface area contributed by atoms with Gasteiger partial charge in [-0.15, -0.1) is 11.3 Å². The number of sulfonamides is 1. The Morgan fingerprint density at radius 1 is 1.48 bits per heavy atom. The van der Waals surface area contributed by atoms with Crippen molar-refractivity contribution in [2.75, 3.05) is 17.2 Å². The second-order valence-electron chi connectivity index (χ2n) is 5.70. The van der Waals surface area contributed by atoms with E-state index in [0.717, 1.165) is 11.3 Å². The Bertz CT molecular complexity index is 856. The summed E-state index contributed by atoms with van der Waals surface area (Å²) in [6, 6.07) is 1.28. The third kappa shape index (κ3) is 4.47. The van der Waals surface area contributed by atoms with Crippen molar-refractivity contribution in [1.29, 1.82) is 0 Å². The molecule has 11 heteroatoms. The van der Waals surface area contributed by atoms with Gasteiger partial charge in [-0.05, 0) is 41.8 Å². The zero-order chi connectivity index (χ0) is 18.0. The number of thiophene rings is 1. The summed E-state index contributed by atoms with van der Waals surface area (Å²) in [7, 11) is -3.54. The van der Waals surface area contributed by atoms with Gasteiger partial charge in [0.25, 0.3) is 0 Å². The van der Waals surface area contributed by atoms with Crippen molar-refractivity contribution in [3.8, 4) is 0 Å². The topological polar surface area (TPSA) is 116 Å². The van der Waals surface area contributed by atoms with Crippen LogP contribution in [0.1, 0.15) is 19.8 Å². The number of aliphatic hydroxyl groups excluding tert-OH is 1. The van der Waals surface area contributed by atoms with E-state index in [1.54, 1.807) is 24.6 Å². The maximum atomic E-state index is 12.3. The van der Waals surface area contributed by atoms with Gasteiger partial charge in [0.2, 0.25) is 16.0 Å². The highest BCUT2D eigenvalue weighted by Crippen LogP contribution is 2.28. The first kappa shape index (κ1) is 18.5. The third-order valence-corrected chi connectivity index (χ3v) is 7.21. The van der Waals surface area contributed by atoms with Crippen LogP contribution in [-0.2, 0) is 10.0 Å². The molecule has 0 saturated heterocycles. The van der Waals surface area contributed by atoms with E-state index >= 15 is 0 Å². The van der Waals surface area contributed by atoms with Gasteiger partial charge in [-0.1, -0.05) is 0 Å². The Morgan fingerprint density at radius 3 is 3.04 bits per heavy atom. The van der Waals surface area contributed by atoms with E-state index in [1.807, 2.05) is 0 Å². The van der Waals surface area contributed by atoms with E-state index in [-0.39, 0.29) is 10.3 Å². The molecule has 2 atom stereocenters. The van der Waals surface area contributed by atoms with Gasteiger partial charge in [0.1, 0.15) is 10.0 Å². The minimum Gasteiger partial charge on any atom is -0.391 e. The van der Waals surface area contributed by atoms with Gasteiger partial charge in [0, 0.05) is 18.1 Å². The molecular weight excluding hydrogens is 430 g/mol. The first-order chi connectivity index (χ1) is 11.8. The standard InChI is InChI=1S/C14H18BrN5O3S2/c1-8(21)11-3-2-4-17-25(22,23)12-5-9(7-24-12)18-14-16-6-10(15)13(19-11)20-14/h5-8,11,17,21H,2-4H2,1H3,(H2,16,18,19,20). The van der Waals surface area contributed by atoms with Crippen LogP contribution in [0.4, 0.5) is 17.5 Å². The molecule has 4 N–H and O–H groups in total. The summed E-state index contributed by atoms with van der Waals surface area (Å²) < 4.78 is 28.1. The number of halogens is 1. The summed E-state index contributed by atoms with van der Waals surface area (Å²) in [6.45, 7) is 1.98. The molecule has 2 unspecified atom stereocenters. The Balaban J connectivity index is 1.97. The summed E-state index contributed by atoms with van der Waals surface area (Å²) >= 11 is 4.53. The fraction of sp³-hybridized carbons (Fsp3) is 0.429. The fourth-order valence-corrected chi connectivity index (χ4v) is 4.93. The summed E-state index contributed by atoms with van der Waals surface area (Å²) in [5.41, 5.74) is 0.600. The molecule has 0 amide bonds. The third-order valence-electron chi connectivity index (χ3n) is 3.73. The molecule has 0 aliphatic carbocycles. The highest BCUT2D eigenvalue weighted by molar-refractivity contribution is 9.10. The SMILES string of the molecule is CC(O)C1CCCNS(=O)(=O)c2cc(cs2)Nc2ncc(Br)c(n2)N1. The molecule has 3 rings (SSSR count). The van der Waals surface area contributed by atoms with Crippen molar-refractivity contribution in [2.45, 2.75) is 36.1 Å². The van der Waals surface area contributed by atoms with Crippen molar-refractivity contribution in [1.82, 2.24) is 14.7 Å². The van der Waals surface area contributed by atoms with Crippen LogP contribution in [-0.4, -0.2) is 42.2 Å². The Labute approximate surface area is 158 Å². The summed E-state index contributed by atoms with van der Waals surface area (Å²) in [4.78, 5) is 8.60. The van der Waals surface area contributed by atoms with E-state index in [1.165, 1.54) is 0 Å². The van der Waals surface area contributed by atoms with Crippen molar-refractivity contribution in [2.24, 2.45) is 0 Å². The lowest BCUT2D eigenvalue weighted by Crippen LogP contribution is -2.33. The monoisotopic (exact) mass is 447 g/mol. The predicted molar refractivity (Wildman–Crippen MR) is 101 cm³/mol. The maximum absolute atomic E-state index is 12.3. The molecule has 1 aliphatic rings. The van der Waals surface area contributed by atoms with Crippen molar-refractivity contribution in [3.63, 3.8) is 0 Å². The average molecular weight is 448 g/mol. The second-order valence-corrected chi connectivity index (χ2v) is 9.46. The number of nitrogens with one attached hydrogen (secondary N) is 3. The molecular formula is C14H18BrN5O3S2. The largest absolute Gasteiger partial charge is 0.391 e. The lowest BCUT2D eigenvalue weighted by Gasteiger charge is -2.23. The maximum Gasteiger partial charge on any atom is 0.250 e. The second kappa shape index (κ2) is 7.54. The molecule has 136 valence electrons. The van der Waals surface area contributed by atoms with E-state index in [0.29, 0.717) is 41.3 Å². The van der Waals surface area contributed by atoms with Crippen molar-refractivity contribution >= 4 is 54.7 Å². The number of anilines is 3. The van der Waals surface area contributed by atoms with Gasteiger partial charge in [-0.3, -0.25) is 0 Å². The summed E-state index contributed by atoms with van der Waals surface area (Å²) in [5, 5.41) is 17.9. The molecule has 25 heavy (non-hydrogen) atoms. The quantitative estimate of drug-likeness (QED) is 0.529. The zero-order valence-electron chi connectivity index (χ0n) is 13.4. The van der Waals surface area contributed by atoms with Crippen LogP contribution < -0.4 is 15.4 Å². The van der Waals surface area contributed by atoms with Crippen LogP contribution >= 0.6 is 27.3 Å². The first-order valence-corrected chi connectivity index (χ1v) is 10.8. The van der Waals surface area contributed by atoms with Gasteiger partial charge in [-0.25, -0.2) is 18.1 Å². The molecule has 4 bridgehead atoms. The zero-order valence-corrected chi connectivity index (χ0v) is 16.6. The summed E-state index contributed by atoms with van der Waals surface area (Å²) in [6.07, 6.45) is 2.14. The lowest BCUT2D eigenvalue weighted by atomic mass is 10.1. The predicted octanol–water partition coefficient (Wildman–Crippen LogP) is 2.28. The van der Waals surface area contributed by atoms with Crippen LogP contribution in [0.5, 0.6) is 0 Å². The van der Waals surface area contributed by atoms with Gasteiger partial charge >= 0.3 is 0 Å².